The van der Waals surface area contributed by atoms with Gasteiger partial charge in [0.2, 0.25) is 0 Å². The number of aliphatic carboxylic acids is 1. The highest BCUT2D eigenvalue weighted by atomic mass is 35.5. The van der Waals surface area contributed by atoms with Crippen molar-refractivity contribution in [1.29, 1.82) is 0 Å². The predicted octanol–water partition coefficient (Wildman–Crippen LogP) is 2.41. The zero-order chi connectivity index (χ0) is 15.0. The van der Waals surface area contributed by atoms with Crippen molar-refractivity contribution in [1.82, 2.24) is 4.90 Å². The molecule has 1 atom stereocenters. The maximum atomic E-state index is 13.6. The number of carbonyl (C=O) groups excluding carboxylic acids is 1. The molecular formula is C13H12ClF2NO3. The minimum absolute atomic E-state index is 0.170. The monoisotopic (exact) mass is 303 g/mol. The molecule has 1 saturated heterocycles. The highest BCUT2D eigenvalue weighted by molar-refractivity contribution is 6.30. The number of halogens is 3. The predicted molar refractivity (Wildman–Crippen MR) is 67.6 cm³/mol. The summed E-state index contributed by atoms with van der Waals surface area (Å²) in [7, 11) is 0. The lowest BCUT2D eigenvalue weighted by atomic mass is 9.86. The summed E-state index contributed by atoms with van der Waals surface area (Å²) in [5.74, 6) is -4.11. The SMILES string of the molecule is CC(C(=O)O)C1CN(C(=O)c2cc(F)c(Cl)cc2F)C1. The van der Waals surface area contributed by atoms with Gasteiger partial charge in [-0.1, -0.05) is 18.5 Å². The number of carbonyl (C=O) groups is 2. The molecule has 4 nitrogen and oxygen atoms in total. The summed E-state index contributed by atoms with van der Waals surface area (Å²) in [5, 5.41) is 8.45. The van der Waals surface area contributed by atoms with E-state index < -0.39 is 35.0 Å². The molecule has 1 heterocycles. The lowest BCUT2D eigenvalue weighted by Crippen LogP contribution is -2.53. The van der Waals surface area contributed by atoms with Crippen molar-refractivity contribution < 1.29 is 23.5 Å². The number of amides is 1. The maximum absolute atomic E-state index is 13.6. The lowest BCUT2D eigenvalue weighted by molar-refractivity contribution is -0.144. The number of carboxylic acid groups (broad SMARTS) is 1. The van der Waals surface area contributed by atoms with Crippen molar-refractivity contribution >= 4 is 23.5 Å². The molecular weight excluding hydrogens is 292 g/mol. The third-order valence-electron chi connectivity index (χ3n) is 3.53. The molecule has 1 unspecified atom stereocenters. The Balaban J connectivity index is 2.08. The Morgan fingerprint density at radius 2 is 1.95 bits per heavy atom. The fourth-order valence-electron chi connectivity index (χ4n) is 2.05. The van der Waals surface area contributed by atoms with Crippen molar-refractivity contribution in [2.24, 2.45) is 11.8 Å². The van der Waals surface area contributed by atoms with E-state index in [1.54, 1.807) is 6.92 Å². The van der Waals surface area contributed by atoms with E-state index >= 15 is 0 Å². The Labute approximate surface area is 118 Å². The Kier molecular flexibility index (Phi) is 3.94. The second-order valence-electron chi connectivity index (χ2n) is 4.84. The van der Waals surface area contributed by atoms with Crippen LogP contribution in [0.4, 0.5) is 8.78 Å². The van der Waals surface area contributed by atoms with Gasteiger partial charge in [0.25, 0.3) is 5.91 Å². The lowest BCUT2D eigenvalue weighted by Gasteiger charge is -2.41. The first-order chi connectivity index (χ1) is 9.31. The van der Waals surface area contributed by atoms with Gasteiger partial charge in [-0.3, -0.25) is 9.59 Å². The molecule has 0 aromatic heterocycles. The summed E-state index contributed by atoms with van der Waals surface area (Å²) in [6, 6.07) is 1.51. The Bertz CT molecular complexity index is 573. The van der Waals surface area contributed by atoms with Gasteiger partial charge in [0.15, 0.2) is 0 Å². The largest absolute Gasteiger partial charge is 0.481 e. The van der Waals surface area contributed by atoms with Gasteiger partial charge in [-0.15, -0.1) is 0 Å². The van der Waals surface area contributed by atoms with E-state index in [1.807, 2.05) is 0 Å². The van der Waals surface area contributed by atoms with Crippen molar-refractivity contribution in [3.63, 3.8) is 0 Å². The van der Waals surface area contributed by atoms with Gasteiger partial charge in [0.05, 0.1) is 16.5 Å². The van der Waals surface area contributed by atoms with Gasteiger partial charge in [0, 0.05) is 19.0 Å². The van der Waals surface area contributed by atoms with Gasteiger partial charge < -0.3 is 10.0 Å². The average molecular weight is 304 g/mol. The summed E-state index contributed by atoms with van der Waals surface area (Å²) in [6.07, 6.45) is 0. The van der Waals surface area contributed by atoms with E-state index in [2.05, 4.69) is 0 Å². The molecule has 1 amide bonds. The molecule has 108 valence electrons. The summed E-state index contributed by atoms with van der Waals surface area (Å²) >= 11 is 5.41. The smallest absolute Gasteiger partial charge is 0.306 e. The van der Waals surface area contributed by atoms with Crippen LogP contribution < -0.4 is 0 Å². The van der Waals surface area contributed by atoms with E-state index in [0.29, 0.717) is 0 Å². The average Bonchev–Trinajstić information content (AvgIpc) is 2.31. The van der Waals surface area contributed by atoms with Crippen LogP contribution in [-0.4, -0.2) is 35.0 Å². The molecule has 0 bridgehead atoms. The molecule has 0 spiro atoms. The molecule has 7 heteroatoms. The topological polar surface area (TPSA) is 57.6 Å². The number of likely N-dealkylation sites (tertiary alicyclic amines) is 1. The maximum Gasteiger partial charge on any atom is 0.306 e. The molecule has 1 aliphatic heterocycles. The van der Waals surface area contributed by atoms with Gasteiger partial charge in [0.1, 0.15) is 11.6 Å². The van der Waals surface area contributed by atoms with E-state index in [0.717, 1.165) is 12.1 Å². The summed E-state index contributed by atoms with van der Waals surface area (Å²) in [5.41, 5.74) is -0.395. The van der Waals surface area contributed by atoms with Crippen molar-refractivity contribution in [2.45, 2.75) is 6.92 Å². The van der Waals surface area contributed by atoms with Gasteiger partial charge >= 0.3 is 5.97 Å². The third kappa shape index (κ3) is 2.60. The molecule has 0 aliphatic carbocycles. The van der Waals surface area contributed by atoms with Crippen LogP contribution in [0.2, 0.25) is 5.02 Å². The summed E-state index contributed by atoms with van der Waals surface area (Å²) in [4.78, 5) is 24.1. The second kappa shape index (κ2) is 5.36. The molecule has 0 radical (unpaired) electrons. The van der Waals surface area contributed by atoms with Crippen LogP contribution in [0, 0.1) is 23.5 Å². The molecule has 1 aliphatic rings. The number of rotatable bonds is 3. The van der Waals surface area contributed by atoms with Crippen molar-refractivity contribution in [2.75, 3.05) is 13.1 Å². The minimum Gasteiger partial charge on any atom is -0.481 e. The van der Waals surface area contributed by atoms with E-state index in [1.165, 1.54) is 4.90 Å². The fraction of sp³-hybridized carbons (Fsp3) is 0.385. The van der Waals surface area contributed by atoms with Crippen LogP contribution in [0.25, 0.3) is 0 Å². The number of hydrogen-bond acceptors (Lipinski definition) is 2. The first kappa shape index (κ1) is 14.7. The Morgan fingerprint density at radius 3 is 2.50 bits per heavy atom. The first-order valence-electron chi connectivity index (χ1n) is 5.98. The van der Waals surface area contributed by atoms with Crippen LogP contribution in [0.15, 0.2) is 12.1 Å². The number of hydrogen-bond donors (Lipinski definition) is 1. The standard InChI is InChI=1S/C13H12ClF2NO3/c1-6(13(19)20)7-4-17(5-7)12(18)8-2-11(16)9(14)3-10(8)15/h2-3,6-7H,4-5H2,1H3,(H,19,20). The van der Waals surface area contributed by atoms with Crippen LogP contribution in [0.5, 0.6) is 0 Å². The van der Waals surface area contributed by atoms with E-state index in [9.17, 15) is 18.4 Å². The molecule has 0 saturated carbocycles. The zero-order valence-electron chi connectivity index (χ0n) is 10.6. The van der Waals surface area contributed by atoms with E-state index in [-0.39, 0.29) is 24.0 Å². The molecule has 2 rings (SSSR count). The van der Waals surface area contributed by atoms with E-state index in [4.69, 9.17) is 16.7 Å². The molecule has 1 N–H and O–H groups in total. The Morgan fingerprint density at radius 1 is 1.35 bits per heavy atom. The quantitative estimate of drug-likeness (QED) is 0.872. The molecule has 1 aromatic rings. The number of carboxylic acids is 1. The van der Waals surface area contributed by atoms with Gasteiger partial charge in [-0.25, -0.2) is 8.78 Å². The first-order valence-corrected chi connectivity index (χ1v) is 6.35. The summed E-state index contributed by atoms with van der Waals surface area (Å²) in [6.45, 7) is 1.99. The van der Waals surface area contributed by atoms with Crippen LogP contribution in [-0.2, 0) is 4.79 Å². The zero-order valence-corrected chi connectivity index (χ0v) is 11.3. The van der Waals surface area contributed by atoms with Gasteiger partial charge in [-0.05, 0) is 12.1 Å². The van der Waals surface area contributed by atoms with Gasteiger partial charge in [-0.2, -0.15) is 0 Å². The number of nitrogens with zero attached hydrogens (tertiary/aromatic N) is 1. The van der Waals surface area contributed by atoms with Crippen LogP contribution >= 0.6 is 11.6 Å². The third-order valence-corrected chi connectivity index (χ3v) is 3.82. The molecule has 1 fully saturated rings. The highest BCUT2D eigenvalue weighted by Crippen LogP contribution is 2.27. The molecule has 20 heavy (non-hydrogen) atoms. The molecule has 1 aromatic carbocycles. The highest BCUT2D eigenvalue weighted by Gasteiger charge is 2.38. The second-order valence-corrected chi connectivity index (χ2v) is 5.25. The Hall–Kier alpha value is -1.69. The van der Waals surface area contributed by atoms with Crippen molar-refractivity contribution in [3.05, 3.63) is 34.4 Å². The van der Waals surface area contributed by atoms with Crippen molar-refractivity contribution in [3.8, 4) is 0 Å². The minimum atomic E-state index is -0.939. The normalized spacial score (nSPS) is 16.7. The summed E-state index contributed by atoms with van der Waals surface area (Å²) < 4.78 is 26.9. The van der Waals surface area contributed by atoms with Crippen LogP contribution in [0.1, 0.15) is 17.3 Å². The fourth-order valence-corrected chi connectivity index (χ4v) is 2.20. The number of benzene rings is 1. The van der Waals surface area contributed by atoms with Crippen LogP contribution in [0.3, 0.4) is 0 Å².